The first kappa shape index (κ1) is 9.39. The van der Waals surface area contributed by atoms with Crippen molar-refractivity contribution in [2.75, 3.05) is 7.11 Å². The van der Waals surface area contributed by atoms with Gasteiger partial charge in [0.2, 0.25) is 11.6 Å². The van der Waals surface area contributed by atoms with E-state index < -0.39 is 17.5 Å². The lowest BCUT2D eigenvalue weighted by atomic mass is 10.0. The predicted octanol–water partition coefficient (Wildman–Crippen LogP) is 0.580. The first-order valence-corrected chi connectivity index (χ1v) is 4.21. The first-order chi connectivity index (χ1) is 7.13. The SMILES string of the molecule is COC(=O)c1cc2c([nH]1)C=CC(=O)C2=O. The van der Waals surface area contributed by atoms with Crippen molar-refractivity contribution in [2.45, 2.75) is 0 Å². The molecule has 0 spiro atoms. The summed E-state index contributed by atoms with van der Waals surface area (Å²) < 4.78 is 4.49. The number of carbonyl (C=O) groups is 3. The van der Waals surface area contributed by atoms with Crippen LogP contribution < -0.4 is 0 Å². The topological polar surface area (TPSA) is 76.2 Å². The predicted molar refractivity (Wildman–Crippen MR) is 50.5 cm³/mol. The molecule has 0 radical (unpaired) electrons. The quantitative estimate of drug-likeness (QED) is 0.537. The van der Waals surface area contributed by atoms with E-state index in [4.69, 9.17) is 0 Å². The third-order valence-corrected chi connectivity index (χ3v) is 2.12. The number of Topliss-reactive ketones (excluding diaryl/α,β-unsaturated/α-hetero) is 1. The number of ketones is 2. The van der Waals surface area contributed by atoms with Crippen LogP contribution in [0.5, 0.6) is 0 Å². The highest BCUT2D eigenvalue weighted by Crippen LogP contribution is 2.18. The highest BCUT2D eigenvalue weighted by Gasteiger charge is 2.24. The molecule has 1 aromatic rings. The first-order valence-electron chi connectivity index (χ1n) is 4.21. The van der Waals surface area contributed by atoms with Crippen molar-refractivity contribution in [2.24, 2.45) is 0 Å². The highest BCUT2D eigenvalue weighted by molar-refractivity contribution is 6.50. The van der Waals surface area contributed by atoms with Crippen LogP contribution in [-0.2, 0) is 9.53 Å². The number of carbonyl (C=O) groups excluding carboxylic acids is 3. The molecule has 76 valence electrons. The third kappa shape index (κ3) is 1.38. The molecule has 15 heavy (non-hydrogen) atoms. The molecule has 1 aliphatic carbocycles. The minimum atomic E-state index is -0.612. The van der Waals surface area contributed by atoms with Gasteiger partial charge in [-0.2, -0.15) is 0 Å². The van der Waals surface area contributed by atoms with Gasteiger partial charge in [0, 0.05) is 0 Å². The molecular weight excluding hydrogens is 198 g/mol. The van der Waals surface area contributed by atoms with E-state index in [0.29, 0.717) is 5.69 Å². The summed E-state index contributed by atoms with van der Waals surface area (Å²) in [7, 11) is 1.24. The summed E-state index contributed by atoms with van der Waals surface area (Å²) in [6, 6.07) is 1.32. The highest BCUT2D eigenvalue weighted by atomic mass is 16.5. The number of nitrogens with one attached hydrogen (secondary N) is 1. The largest absolute Gasteiger partial charge is 0.464 e. The molecule has 0 bridgehead atoms. The molecule has 5 heteroatoms. The van der Waals surface area contributed by atoms with E-state index in [9.17, 15) is 14.4 Å². The molecule has 0 aromatic carbocycles. The standard InChI is InChI=1S/C10H7NO4/c1-15-10(14)7-4-5-6(11-7)2-3-8(12)9(5)13/h2-4,11H,1H3. The Balaban J connectivity index is 2.50. The fourth-order valence-electron chi connectivity index (χ4n) is 1.38. The zero-order chi connectivity index (χ0) is 11.0. The summed E-state index contributed by atoms with van der Waals surface area (Å²) in [5.41, 5.74) is 0.832. The molecule has 5 nitrogen and oxygen atoms in total. The molecule has 0 aliphatic heterocycles. The average molecular weight is 205 g/mol. The van der Waals surface area contributed by atoms with E-state index >= 15 is 0 Å². The molecule has 0 saturated heterocycles. The summed E-state index contributed by atoms with van der Waals surface area (Å²) in [5, 5.41) is 0. The number of rotatable bonds is 1. The van der Waals surface area contributed by atoms with Gasteiger partial charge in [0.15, 0.2) is 0 Å². The van der Waals surface area contributed by atoms with Crippen LogP contribution in [0.3, 0.4) is 0 Å². The van der Waals surface area contributed by atoms with Crippen LogP contribution in [0.4, 0.5) is 0 Å². The number of methoxy groups -OCH3 is 1. The van der Waals surface area contributed by atoms with Crippen molar-refractivity contribution < 1.29 is 19.1 Å². The number of hydrogen-bond donors (Lipinski definition) is 1. The molecule has 1 heterocycles. The smallest absolute Gasteiger partial charge is 0.354 e. The molecule has 2 rings (SSSR count). The molecule has 0 atom stereocenters. The Hall–Kier alpha value is -2.17. The van der Waals surface area contributed by atoms with Crippen LogP contribution in [-0.4, -0.2) is 29.6 Å². The minimum absolute atomic E-state index is 0.162. The Bertz CT molecular complexity index is 496. The van der Waals surface area contributed by atoms with E-state index in [2.05, 4.69) is 9.72 Å². The van der Waals surface area contributed by atoms with Gasteiger partial charge in [-0.3, -0.25) is 9.59 Å². The molecular formula is C10H7NO4. The van der Waals surface area contributed by atoms with E-state index in [0.717, 1.165) is 0 Å². The Kier molecular flexibility index (Phi) is 2.00. The monoisotopic (exact) mass is 205 g/mol. The maximum absolute atomic E-state index is 11.4. The number of hydrogen-bond acceptors (Lipinski definition) is 4. The van der Waals surface area contributed by atoms with Crippen molar-refractivity contribution in [3.05, 3.63) is 29.1 Å². The summed E-state index contributed by atoms with van der Waals surface area (Å²) in [4.78, 5) is 36.3. The second-order valence-corrected chi connectivity index (χ2v) is 3.03. The fraction of sp³-hybridized carbons (Fsp3) is 0.100. The van der Waals surface area contributed by atoms with Gasteiger partial charge in [0.05, 0.1) is 18.4 Å². The normalized spacial score (nSPS) is 13.9. The Labute approximate surface area is 84.7 Å². The molecule has 0 saturated carbocycles. The number of aromatic nitrogens is 1. The maximum Gasteiger partial charge on any atom is 0.354 e. The van der Waals surface area contributed by atoms with Crippen LogP contribution in [0.2, 0.25) is 0 Å². The second-order valence-electron chi connectivity index (χ2n) is 3.03. The van der Waals surface area contributed by atoms with Gasteiger partial charge in [-0.05, 0) is 18.2 Å². The Morgan fingerprint density at radius 3 is 2.73 bits per heavy atom. The van der Waals surface area contributed by atoms with Gasteiger partial charge in [-0.25, -0.2) is 4.79 Å². The van der Waals surface area contributed by atoms with Crippen molar-refractivity contribution in [3.63, 3.8) is 0 Å². The Morgan fingerprint density at radius 1 is 1.33 bits per heavy atom. The number of allylic oxidation sites excluding steroid dienone is 1. The number of fused-ring (bicyclic) bond motifs is 1. The minimum Gasteiger partial charge on any atom is -0.464 e. The zero-order valence-electron chi connectivity index (χ0n) is 7.87. The lowest BCUT2D eigenvalue weighted by Gasteiger charge is -2.00. The lowest BCUT2D eigenvalue weighted by molar-refractivity contribution is -0.110. The van der Waals surface area contributed by atoms with Crippen LogP contribution in [0.1, 0.15) is 26.5 Å². The molecule has 0 amide bonds. The second kappa shape index (κ2) is 3.20. The number of ether oxygens (including phenoxy) is 1. The van der Waals surface area contributed by atoms with Crippen LogP contribution in [0.25, 0.3) is 6.08 Å². The lowest BCUT2D eigenvalue weighted by Crippen LogP contribution is -2.14. The fourth-order valence-corrected chi connectivity index (χ4v) is 1.38. The van der Waals surface area contributed by atoms with Crippen LogP contribution in [0.15, 0.2) is 12.1 Å². The van der Waals surface area contributed by atoms with E-state index in [-0.39, 0.29) is 11.3 Å². The summed E-state index contributed by atoms with van der Waals surface area (Å²) in [5.74, 6) is -1.77. The van der Waals surface area contributed by atoms with Crippen molar-refractivity contribution in [1.82, 2.24) is 4.98 Å². The molecule has 0 fully saturated rings. The number of esters is 1. The van der Waals surface area contributed by atoms with Gasteiger partial charge < -0.3 is 9.72 Å². The summed E-state index contributed by atoms with van der Waals surface area (Å²) in [6.07, 6.45) is 2.63. The number of aromatic amines is 1. The number of H-pyrrole nitrogens is 1. The molecule has 1 N–H and O–H groups in total. The summed E-state index contributed by atoms with van der Waals surface area (Å²) >= 11 is 0. The zero-order valence-corrected chi connectivity index (χ0v) is 7.87. The van der Waals surface area contributed by atoms with E-state index in [1.165, 1.54) is 25.3 Å². The van der Waals surface area contributed by atoms with Crippen molar-refractivity contribution >= 4 is 23.6 Å². The van der Waals surface area contributed by atoms with Gasteiger partial charge in [-0.1, -0.05) is 0 Å². The van der Waals surface area contributed by atoms with Crippen molar-refractivity contribution in [3.8, 4) is 0 Å². The van der Waals surface area contributed by atoms with Crippen LogP contribution >= 0.6 is 0 Å². The maximum atomic E-state index is 11.4. The van der Waals surface area contributed by atoms with Crippen LogP contribution in [0, 0.1) is 0 Å². The summed E-state index contributed by atoms with van der Waals surface area (Å²) in [6.45, 7) is 0. The van der Waals surface area contributed by atoms with Gasteiger partial charge >= 0.3 is 5.97 Å². The average Bonchev–Trinajstić information content (AvgIpc) is 2.67. The molecule has 1 aromatic heterocycles. The van der Waals surface area contributed by atoms with Gasteiger partial charge in [0.1, 0.15) is 5.69 Å². The van der Waals surface area contributed by atoms with Gasteiger partial charge in [0.25, 0.3) is 0 Å². The van der Waals surface area contributed by atoms with E-state index in [1.807, 2.05) is 0 Å². The van der Waals surface area contributed by atoms with Crippen molar-refractivity contribution in [1.29, 1.82) is 0 Å². The van der Waals surface area contributed by atoms with Gasteiger partial charge in [-0.15, -0.1) is 0 Å². The third-order valence-electron chi connectivity index (χ3n) is 2.12. The Morgan fingerprint density at radius 2 is 2.07 bits per heavy atom. The van der Waals surface area contributed by atoms with E-state index in [1.54, 1.807) is 0 Å². The molecule has 0 unspecified atom stereocenters. The molecule has 1 aliphatic rings.